The summed E-state index contributed by atoms with van der Waals surface area (Å²) in [5.74, 6) is 1.23. The van der Waals surface area contributed by atoms with Crippen LogP contribution in [0.4, 0.5) is 9.18 Å². The first kappa shape index (κ1) is 25.7. The van der Waals surface area contributed by atoms with Crippen molar-refractivity contribution >= 4 is 17.6 Å². The first-order valence-electron chi connectivity index (χ1n) is 13.8. The van der Waals surface area contributed by atoms with E-state index in [0.29, 0.717) is 18.4 Å². The van der Waals surface area contributed by atoms with Gasteiger partial charge in [-0.1, -0.05) is 43.4 Å². The topological polar surface area (TPSA) is 64.6 Å². The average Bonchev–Trinajstić information content (AvgIpc) is 3.14. The maximum atomic E-state index is 13.8. The lowest BCUT2D eigenvalue weighted by Gasteiger charge is -2.47. The SMILES string of the molecule is CCOC(=O)N[C@H]1CC[C@H]2[C@@H](C1)C[C@@H]1C(=O)O[C@@H](C)[C@@H]1[C@@H]2/C=C/C1=CC=C(c2cccc(F)c2)C(C)C1.[HH]. The molecule has 1 saturated heterocycles. The Labute approximate surface area is 220 Å². The van der Waals surface area contributed by atoms with Crippen molar-refractivity contribution in [3.05, 3.63) is 65.5 Å². The van der Waals surface area contributed by atoms with Crippen molar-refractivity contribution in [1.29, 1.82) is 0 Å². The van der Waals surface area contributed by atoms with Crippen molar-refractivity contribution in [2.75, 3.05) is 6.61 Å². The van der Waals surface area contributed by atoms with Crippen molar-refractivity contribution in [1.82, 2.24) is 5.32 Å². The summed E-state index contributed by atoms with van der Waals surface area (Å²) in [6.45, 7) is 6.39. The van der Waals surface area contributed by atoms with Gasteiger partial charge in [-0.25, -0.2) is 9.18 Å². The summed E-state index contributed by atoms with van der Waals surface area (Å²) in [4.78, 5) is 24.7. The molecule has 0 radical (unpaired) electrons. The third-order valence-corrected chi connectivity index (χ3v) is 8.99. The van der Waals surface area contributed by atoms with Gasteiger partial charge in [-0.05, 0) is 98.5 Å². The van der Waals surface area contributed by atoms with Gasteiger partial charge in [0.2, 0.25) is 0 Å². The lowest BCUT2D eigenvalue weighted by molar-refractivity contribution is -0.144. The number of nitrogens with one attached hydrogen (secondary N) is 1. The molecule has 1 aromatic carbocycles. The van der Waals surface area contributed by atoms with E-state index >= 15 is 0 Å². The molecule has 1 amide bonds. The van der Waals surface area contributed by atoms with Crippen LogP contribution in [-0.4, -0.2) is 30.8 Å². The number of amides is 1. The Balaban J connectivity index is 0.00000336. The third kappa shape index (κ3) is 5.39. The molecule has 1 unspecified atom stereocenters. The molecule has 1 heterocycles. The van der Waals surface area contributed by atoms with Crippen LogP contribution < -0.4 is 5.32 Å². The fourth-order valence-corrected chi connectivity index (χ4v) is 7.39. The number of cyclic esters (lactones) is 1. The number of carbonyl (C=O) groups excluding carboxylic acids is 2. The van der Waals surface area contributed by atoms with E-state index in [1.165, 1.54) is 11.6 Å². The second kappa shape index (κ2) is 10.8. The van der Waals surface area contributed by atoms with E-state index in [9.17, 15) is 14.0 Å². The van der Waals surface area contributed by atoms with Crippen LogP contribution in [0.15, 0.2) is 54.1 Å². The quantitative estimate of drug-likeness (QED) is 0.448. The van der Waals surface area contributed by atoms with Gasteiger partial charge in [-0.15, -0.1) is 0 Å². The Morgan fingerprint density at radius 2 is 2.08 bits per heavy atom. The predicted octanol–water partition coefficient (Wildman–Crippen LogP) is 6.71. The van der Waals surface area contributed by atoms with E-state index in [2.05, 4.69) is 36.5 Å². The minimum Gasteiger partial charge on any atom is -0.462 e. The normalized spacial score (nSPS) is 35.2. The van der Waals surface area contributed by atoms with Gasteiger partial charge in [0, 0.05) is 13.4 Å². The molecule has 1 N–H and O–H groups in total. The smallest absolute Gasteiger partial charge is 0.407 e. The van der Waals surface area contributed by atoms with Crippen LogP contribution in [-0.2, 0) is 14.3 Å². The first-order valence-corrected chi connectivity index (χ1v) is 13.8. The average molecular weight is 510 g/mol. The number of rotatable bonds is 5. The summed E-state index contributed by atoms with van der Waals surface area (Å²) < 4.78 is 24.6. The van der Waals surface area contributed by atoms with Gasteiger partial charge >= 0.3 is 12.1 Å². The minimum atomic E-state index is -0.353. The monoisotopic (exact) mass is 509 g/mol. The van der Waals surface area contributed by atoms with Crippen LogP contribution in [0.3, 0.4) is 0 Å². The molecule has 37 heavy (non-hydrogen) atoms. The van der Waals surface area contributed by atoms with E-state index < -0.39 is 0 Å². The number of fused-ring (bicyclic) bond motifs is 2. The molecule has 0 bridgehead atoms. The molecule has 1 aromatic rings. The van der Waals surface area contributed by atoms with Gasteiger partial charge in [0.15, 0.2) is 0 Å². The zero-order chi connectivity index (χ0) is 26.1. The van der Waals surface area contributed by atoms with Gasteiger partial charge in [0.05, 0.1) is 12.5 Å². The number of halogens is 1. The minimum absolute atomic E-state index is 0. The molecule has 1 aliphatic heterocycles. The largest absolute Gasteiger partial charge is 0.462 e. The number of hydrogen-bond acceptors (Lipinski definition) is 4. The number of esters is 1. The van der Waals surface area contributed by atoms with Crippen LogP contribution in [0.5, 0.6) is 0 Å². The molecule has 3 fully saturated rings. The molecule has 0 spiro atoms. The first-order chi connectivity index (χ1) is 17.8. The van der Waals surface area contributed by atoms with E-state index in [-0.39, 0.29) is 55.1 Å². The van der Waals surface area contributed by atoms with Gasteiger partial charge in [0.25, 0.3) is 0 Å². The van der Waals surface area contributed by atoms with E-state index in [1.54, 1.807) is 12.1 Å². The van der Waals surface area contributed by atoms with Crippen molar-refractivity contribution in [2.24, 2.45) is 35.5 Å². The number of ether oxygens (including phenoxy) is 2. The summed E-state index contributed by atoms with van der Waals surface area (Å²) in [5, 5.41) is 3.02. The van der Waals surface area contributed by atoms with Crippen LogP contribution >= 0.6 is 0 Å². The lowest BCUT2D eigenvalue weighted by atomic mass is 9.57. The van der Waals surface area contributed by atoms with Crippen molar-refractivity contribution in [3.63, 3.8) is 0 Å². The van der Waals surface area contributed by atoms with E-state index in [1.807, 2.05) is 19.9 Å². The second-order valence-electron chi connectivity index (χ2n) is 11.3. The Bertz CT molecular complexity index is 1130. The maximum absolute atomic E-state index is 13.8. The highest BCUT2D eigenvalue weighted by molar-refractivity contribution is 5.75. The van der Waals surface area contributed by atoms with Gasteiger partial charge < -0.3 is 14.8 Å². The van der Waals surface area contributed by atoms with Crippen LogP contribution in [0.25, 0.3) is 5.57 Å². The fourth-order valence-electron chi connectivity index (χ4n) is 7.39. The van der Waals surface area contributed by atoms with Crippen molar-refractivity contribution in [3.8, 4) is 0 Å². The second-order valence-corrected chi connectivity index (χ2v) is 11.3. The Morgan fingerprint density at radius 1 is 1.24 bits per heavy atom. The Morgan fingerprint density at radius 3 is 2.84 bits per heavy atom. The standard InChI is InChI=1S/C31H38FNO4.H2/c1-4-36-31(35)33-24-10-13-26-22(16-24)17-28-29(19(3)37-30(28)34)27(26)12-9-20-8-11-25(18(2)14-20)21-6-5-7-23(32)15-21;/h5-9,11-12,15,18-19,22,24,26-29H,4,10,13-14,16-17H2,1-3H3,(H,33,35);1H/b12-9+;/t18?,19-,22-,24-,26-,27+,28-,29+;/m0./s1. The van der Waals surface area contributed by atoms with Crippen molar-refractivity contribution in [2.45, 2.75) is 65.0 Å². The molecule has 0 aromatic heterocycles. The van der Waals surface area contributed by atoms with E-state index in [0.717, 1.165) is 43.2 Å². The summed E-state index contributed by atoms with van der Waals surface area (Å²) in [5.41, 5.74) is 3.35. The van der Waals surface area contributed by atoms with Crippen molar-refractivity contribution < 1.29 is 24.9 Å². The summed E-state index contributed by atoms with van der Waals surface area (Å²) >= 11 is 0. The predicted molar refractivity (Wildman–Crippen MR) is 143 cm³/mol. The highest BCUT2D eigenvalue weighted by Crippen LogP contribution is 2.53. The molecular weight excluding hydrogens is 469 g/mol. The fraction of sp³-hybridized carbons (Fsp3) is 0.548. The molecule has 4 aliphatic rings. The number of carbonyl (C=O) groups is 2. The van der Waals surface area contributed by atoms with Crippen LogP contribution in [0.1, 0.15) is 59.9 Å². The molecule has 2 saturated carbocycles. The van der Waals surface area contributed by atoms with Crippen LogP contribution in [0, 0.1) is 41.3 Å². The lowest BCUT2D eigenvalue weighted by Crippen LogP contribution is -2.48. The third-order valence-electron chi connectivity index (χ3n) is 8.99. The summed E-state index contributed by atoms with van der Waals surface area (Å²) in [7, 11) is 0. The van der Waals surface area contributed by atoms with Gasteiger partial charge in [-0.3, -0.25) is 4.79 Å². The molecule has 5 nitrogen and oxygen atoms in total. The molecule has 8 atom stereocenters. The number of benzene rings is 1. The zero-order valence-electron chi connectivity index (χ0n) is 22.0. The number of alkyl carbamates (subject to hydrolysis) is 1. The Hall–Kier alpha value is -2.89. The molecule has 6 heteroatoms. The molecule has 200 valence electrons. The van der Waals surface area contributed by atoms with Gasteiger partial charge in [0.1, 0.15) is 11.9 Å². The summed E-state index contributed by atoms with van der Waals surface area (Å²) in [6, 6.07) is 6.89. The van der Waals surface area contributed by atoms with Gasteiger partial charge in [-0.2, -0.15) is 0 Å². The Kier molecular flexibility index (Phi) is 7.55. The van der Waals surface area contributed by atoms with E-state index in [4.69, 9.17) is 9.47 Å². The summed E-state index contributed by atoms with van der Waals surface area (Å²) in [6.07, 6.45) is 13.0. The van der Waals surface area contributed by atoms with Crippen LogP contribution in [0.2, 0.25) is 0 Å². The molecule has 5 rings (SSSR count). The number of allylic oxidation sites excluding steroid dienone is 6. The molecule has 3 aliphatic carbocycles. The zero-order valence-corrected chi connectivity index (χ0v) is 22.0. The number of hydrogen-bond donors (Lipinski definition) is 1. The maximum Gasteiger partial charge on any atom is 0.407 e. The highest BCUT2D eigenvalue weighted by atomic mass is 19.1. The molecular formula is C31H40FNO4. The highest BCUT2D eigenvalue weighted by Gasteiger charge is 2.54.